The first kappa shape index (κ1) is 16.3. The second-order valence-corrected chi connectivity index (χ2v) is 7.10. The molecule has 1 fully saturated rings. The maximum absolute atomic E-state index is 10.0. The Hall–Kier alpha value is -0.710. The molecule has 1 aromatic rings. The summed E-state index contributed by atoms with van der Waals surface area (Å²) in [6, 6.07) is 5.67. The van der Waals surface area contributed by atoms with E-state index in [9.17, 15) is 4.79 Å². The van der Waals surface area contributed by atoms with Crippen molar-refractivity contribution in [1.29, 1.82) is 0 Å². The summed E-state index contributed by atoms with van der Waals surface area (Å²) in [5.74, 6) is 1.13. The molecule has 0 bridgehead atoms. The van der Waals surface area contributed by atoms with Gasteiger partial charge in [-0.2, -0.15) is 0 Å². The minimum Gasteiger partial charge on any atom is -0.355 e. The number of benzene rings is 1. The van der Waals surface area contributed by atoms with Gasteiger partial charge in [0, 0.05) is 28.7 Å². The van der Waals surface area contributed by atoms with E-state index in [1.54, 1.807) is 0 Å². The third kappa shape index (κ3) is 5.85. The Morgan fingerprint density at radius 3 is 2.68 bits per heavy atom. The lowest BCUT2D eigenvalue weighted by molar-refractivity contribution is -0.109. The van der Waals surface area contributed by atoms with Gasteiger partial charge in [-0.3, -0.25) is 4.79 Å². The van der Waals surface area contributed by atoms with E-state index in [0.29, 0.717) is 22.7 Å². The fourth-order valence-corrected chi connectivity index (χ4v) is 2.77. The fourth-order valence-electron chi connectivity index (χ4n) is 1.68. The summed E-state index contributed by atoms with van der Waals surface area (Å²) in [6.07, 6.45) is 0.669. The largest absolute Gasteiger partial charge is 0.355 e. The Balaban J connectivity index is 0.000000218. The molecule has 0 aromatic heterocycles. The Morgan fingerprint density at radius 1 is 1.53 bits per heavy atom. The van der Waals surface area contributed by atoms with Gasteiger partial charge >= 0.3 is 0 Å². The van der Waals surface area contributed by atoms with Crippen molar-refractivity contribution in [3.05, 3.63) is 34.3 Å². The first-order chi connectivity index (χ1) is 8.96. The Labute approximate surface area is 124 Å². The Kier molecular flexibility index (Phi) is 6.69. The predicted molar refractivity (Wildman–Crippen MR) is 83.6 cm³/mol. The van der Waals surface area contributed by atoms with Gasteiger partial charge in [-0.25, -0.2) is 0 Å². The molecular weight excluding hydrogens is 280 g/mol. The van der Waals surface area contributed by atoms with E-state index in [4.69, 9.17) is 11.6 Å². The zero-order chi connectivity index (χ0) is 14.3. The fraction of sp³-hybridized carbons (Fsp3) is 0.500. The molecule has 0 radical (unpaired) electrons. The van der Waals surface area contributed by atoms with Crippen LogP contribution in [0.3, 0.4) is 0 Å². The second-order valence-electron chi connectivity index (χ2n) is 5.01. The minimum absolute atomic E-state index is 0.495. The van der Waals surface area contributed by atoms with Gasteiger partial charge in [0.05, 0.1) is 0 Å². The summed E-state index contributed by atoms with van der Waals surface area (Å²) in [6.45, 7) is 8.15. The van der Waals surface area contributed by atoms with E-state index in [1.165, 1.54) is 0 Å². The number of carbonyl (C=O) groups excluding carboxylic acids is 1. The highest BCUT2D eigenvalue weighted by molar-refractivity contribution is 8.00. The van der Waals surface area contributed by atoms with Crippen LogP contribution in [0.4, 0.5) is 0 Å². The van der Waals surface area contributed by atoms with E-state index in [1.807, 2.05) is 36.9 Å². The lowest BCUT2D eigenvalue weighted by Gasteiger charge is -2.11. The van der Waals surface area contributed by atoms with E-state index < -0.39 is 0 Å². The quantitative estimate of drug-likeness (QED) is 0.843. The SMILES string of the molecule is CC1(C)CNCS1.Cc1cccc(Cl)c1CNC=O. The molecule has 2 N–H and O–H groups in total. The summed E-state index contributed by atoms with van der Waals surface area (Å²) in [5, 5.41) is 6.56. The number of nitrogens with one attached hydrogen (secondary N) is 2. The number of aryl methyl sites for hydroxylation is 1. The molecular formula is C14H21ClN2OS. The van der Waals surface area contributed by atoms with Crippen LogP contribution in [0.25, 0.3) is 0 Å². The highest BCUT2D eigenvalue weighted by atomic mass is 35.5. The van der Waals surface area contributed by atoms with Crippen LogP contribution in [0.15, 0.2) is 18.2 Å². The van der Waals surface area contributed by atoms with E-state index in [2.05, 4.69) is 24.5 Å². The maximum atomic E-state index is 10.0. The van der Waals surface area contributed by atoms with E-state index in [-0.39, 0.29) is 0 Å². The van der Waals surface area contributed by atoms with E-state index in [0.717, 1.165) is 23.5 Å². The van der Waals surface area contributed by atoms with Crippen LogP contribution in [0.5, 0.6) is 0 Å². The third-order valence-corrected chi connectivity index (χ3v) is 4.46. The molecule has 0 atom stereocenters. The topological polar surface area (TPSA) is 41.1 Å². The normalized spacial score (nSPS) is 16.4. The highest BCUT2D eigenvalue weighted by Gasteiger charge is 2.22. The number of halogens is 1. The van der Waals surface area contributed by atoms with Gasteiger partial charge in [-0.05, 0) is 38.0 Å². The molecule has 0 saturated carbocycles. The second kappa shape index (κ2) is 7.78. The van der Waals surface area contributed by atoms with Crippen molar-refractivity contribution in [1.82, 2.24) is 10.6 Å². The molecule has 1 heterocycles. The zero-order valence-electron chi connectivity index (χ0n) is 11.6. The number of amides is 1. The van der Waals surface area contributed by atoms with Gasteiger partial charge in [-0.15, -0.1) is 11.8 Å². The number of hydrogen-bond donors (Lipinski definition) is 2. The number of carbonyl (C=O) groups is 1. The molecule has 1 aliphatic heterocycles. The van der Waals surface area contributed by atoms with Gasteiger partial charge < -0.3 is 10.6 Å². The predicted octanol–water partition coefficient (Wildman–Crippen LogP) is 2.95. The van der Waals surface area contributed by atoms with Crippen LogP contribution in [-0.2, 0) is 11.3 Å². The number of hydrogen-bond acceptors (Lipinski definition) is 3. The van der Waals surface area contributed by atoms with Crippen molar-refractivity contribution in [2.45, 2.75) is 32.1 Å². The van der Waals surface area contributed by atoms with Crippen molar-refractivity contribution in [3.63, 3.8) is 0 Å². The van der Waals surface area contributed by atoms with Crippen molar-refractivity contribution in [2.24, 2.45) is 0 Å². The summed E-state index contributed by atoms with van der Waals surface area (Å²) < 4.78 is 0.500. The van der Waals surface area contributed by atoms with Gasteiger partial charge in [0.25, 0.3) is 0 Å². The van der Waals surface area contributed by atoms with Crippen LogP contribution < -0.4 is 10.6 Å². The standard InChI is InChI=1S/C9H10ClNO.C5H11NS/c1-7-3-2-4-9(10)8(7)5-11-6-12;1-5(2)3-6-4-7-5/h2-4,6H,5H2,1H3,(H,11,12);6H,3-4H2,1-2H3. The van der Waals surface area contributed by atoms with E-state index >= 15 is 0 Å². The maximum Gasteiger partial charge on any atom is 0.207 e. The van der Waals surface area contributed by atoms with Crippen LogP contribution >= 0.6 is 23.4 Å². The molecule has 2 rings (SSSR count). The third-order valence-electron chi connectivity index (χ3n) is 2.83. The summed E-state index contributed by atoms with van der Waals surface area (Å²) >= 11 is 7.90. The average Bonchev–Trinajstić information content (AvgIpc) is 2.74. The van der Waals surface area contributed by atoms with Gasteiger partial charge in [-0.1, -0.05) is 23.7 Å². The first-order valence-electron chi connectivity index (χ1n) is 6.22. The van der Waals surface area contributed by atoms with Crippen molar-refractivity contribution in [3.8, 4) is 0 Å². The Morgan fingerprint density at radius 2 is 2.26 bits per heavy atom. The molecule has 106 valence electrons. The molecule has 0 aliphatic carbocycles. The smallest absolute Gasteiger partial charge is 0.207 e. The van der Waals surface area contributed by atoms with Crippen LogP contribution in [-0.4, -0.2) is 23.6 Å². The lowest BCUT2D eigenvalue weighted by Crippen LogP contribution is -2.20. The minimum atomic E-state index is 0.495. The van der Waals surface area contributed by atoms with Crippen LogP contribution in [0.1, 0.15) is 25.0 Å². The molecule has 1 aromatic carbocycles. The number of thioether (sulfide) groups is 1. The molecule has 1 aliphatic rings. The van der Waals surface area contributed by atoms with Crippen LogP contribution in [0.2, 0.25) is 5.02 Å². The molecule has 0 unspecified atom stereocenters. The molecule has 5 heteroatoms. The number of rotatable bonds is 3. The van der Waals surface area contributed by atoms with Crippen molar-refractivity contribution < 1.29 is 4.79 Å². The Bertz CT molecular complexity index is 396. The van der Waals surface area contributed by atoms with Crippen molar-refractivity contribution in [2.75, 3.05) is 12.4 Å². The first-order valence-corrected chi connectivity index (χ1v) is 7.58. The monoisotopic (exact) mass is 300 g/mol. The molecule has 3 nitrogen and oxygen atoms in total. The van der Waals surface area contributed by atoms with Gasteiger partial charge in [0.1, 0.15) is 0 Å². The molecule has 0 spiro atoms. The summed E-state index contributed by atoms with van der Waals surface area (Å²) in [5.41, 5.74) is 2.07. The average molecular weight is 301 g/mol. The van der Waals surface area contributed by atoms with Gasteiger partial charge in [0.15, 0.2) is 0 Å². The summed E-state index contributed by atoms with van der Waals surface area (Å²) in [7, 11) is 0. The highest BCUT2D eigenvalue weighted by Crippen LogP contribution is 2.26. The summed E-state index contributed by atoms with van der Waals surface area (Å²) in [4.78, 5) is 10.0. The van der Waals surface area contributed by atoms with Crippen LogP contribution in [0, 0.1) is 6.92 Å². The lowest BCUT2D eigenvalue weighted by atomic mass is 10.1. The zero-order valence-corrected chi connectivity index (χ0v) is 13.2. The molecule has 19 heavy (non-hydrogen) atoms. The van der Waals surface area contributed by atoms with Gasteiger partial charge in [0.2, 0.25) is 6.41 Å². The van der Waals surface area contributed by atoms with Crippen molar-refractivity contribution >= 4 is 29.8 Å². The molecule has 1 amide bonds. The molecule has 1 saturated heterocycles.